The number of nitrogens with one attached hydrogen (secondary N) is 1. The molecule has 0 aromatic heterocycles. The second-order valence-electron chi connectivity index (χ2n) is 9.54. The van der Waals surface area contributed by atoms with Crippen molar-refractivity contribution in [2.45, 2.75) is 57.3 Å². The fourth-order valence-electron chi connectivity index (χ4n) is 6.40. The second kappa shape index (κ2) is 6.74. The number of hydrogen-bond donors (Lipinski definition) is 1. The minimum absolute atomic E-state index is 0.0180. The van der Waals surface area contributed by atoms with Gasteiger partial charge in [0.15, 0.2) is 0 Å². The molecule has 0 radical (unpaired) electrons. The molecule has 5 rings (SSSR count). The SMILES string of the molecule is COc1ccccc1CNC[C@H]1C(=O)O[C@@H]2C[C@@]3(C)CCC[C@@]4(CO4)[C@@H]3C[C@H]21. The highest BCUT2D eigenvalue weighted by Gasteiger charge is 2.64. The quantitative estimate of drug-likeness (QED) is 0.622. The first-order chi connectivity index (χ1) is 13.5. The Labute approximate surface area is 167 Å². The fraction of sp³-hybridized carbons (Fsp3) is 0.696. The van der Waals surface area contributed by atoms with Gasteiger partial charge in [-0.3, -0.25) is 4.79 Å². The van der Waals surface area contributed by atoms with Crippen molar-refractivity contribution in [2.24, 2.45) is 23.2 Å². The molecule has 6 atom stereocenters. The van der Waals surface area contributed by atoms with E-state index in [9.17, 15) is 4.79 Å². The highest BCUT2D eigenvalue weighted by Crippen LogP contribution is 2.62. The Balaban J connectivity index is 1.27. The van der Waals surface area contributed by atoms with Crippen molar-refractivity contribution < 1.29 is 19.0 Å². The number of carbonyl (C=O) groups is 1. The van der Waals surface area contributed by atoms with Crippen molar-refractivity contribution in [3.8, 4) is 5.75 Å². The van der Waals surface area contributed by atoms with Crippen LogP contribution >= 0.6 is 0 Å². The minimum atomic E-state index is -0.0537. The van der Waals surface area contributed by atoms with Crippen LogP contribution in [0, 0.1) is 23.2 Å². The van der Waals surface area contributed by atoms with Crippen molar-refractivity contribution in [3.63, 3.8) is 0 Å². The highest BCUT2D eigenvalue weighted by atomic mass is 16.6. The van der Waals surface area contributed by atoms with Crippen LogP contribution in [0.25, 0.3) is 0 Å². The summed E-state index contributed by atoms with van der Waals surface area (Å²) in [6.45, 7) is 4.67. The molecule has 1 spiro atoms. The van der Waals surface area contributed by atoms with E-state index in [0.29, 0.717) is 24.9 Å². The summed E-state index contributed by atoms with van der Waals surface area (Å²) in [5.41, 5.74) is 1.48. The molecule has 1 aromatic rings. The Bertz CT molecular complexity index is 761. The Kier molecular flexibility index (Phi) is 4.44. The van der Waals surface area contributed by atoms with E-state index >= 15 is 0 Å². The molecule has 0 bridgehead atoms. The Morgan fingerprint density at radius 2 is 2.11 bits per heavy atom. The third-order valence-corrected chi connectivity index (χ3v) is 7.95. The summed E-state index contributed by atoms with van der Waals surface area (Å²) in [4.78, 5) is 12.7. The molecule has 1 N–H and O–H groups in total. The van der Waals surface area contributed by atoms with Gasteiger partial charge in [0.25, 0.3) is 0 Å². The van der Waals surface area contributed by atoms with E-state index in [0.717, 1.165) is 30.8 Å². The summed E-state index contributed by atoms with van der Waals surface area (Å²) in [6, 6.07) is 8.01. The maximum atomic E-state index is 12.7. The lowest BCUT2D eigenvalue weighted by Gasteiger charge is -2.51. The van der Waals surface area contributed by atoms with Gasteiger partial charge in [-0.25, -0.2) is 0 Å². The van der Waals surface area contributed by atoms with E-state index < -0.39 is 0 Å². The molecule has 5 heteroatoms. The zero-order chi connectivity index (χ0) is 19.4. The van der Waals surface area contributed by atoms with Crippen molar-refractivity contribution >= 4 is 5.97 Å². The molecule has 4 fully saturated rings. The van der Waals surface area contributed by atoms with Crippen LogP contribution in [0.3, 0.4) is 0 Å². The number of methoxy groups -OCH3 is 1. The molecule has 28 heavy (non-hydrogen) atoms. The Morgan fingerprint density at radius 3 is 2.89 bits per heavy atom. The van der Waals surface area contributed by atoms with E-state index in [-0.39, 0.29) is 29.0 Å². The van der Waals surface area contributed by atoms with Gasteiger partial charge in [0, 0.05) is 24.6 Å². The average Bonchev–Trinajstić information content (AvgIpc) is 3.38. The van der Waals surface area contributed by atoms with Crippen LogP contribution in [0.4, 0.5) is 0 Å². The molecule has 1 aromatic carbocycles. The summed E-state index contributed by atoms with van der Waals surface area (Å²) in [5.74, 6) is 1.69. The van der Waals surface area contributed by atoms with Gasteiger partial charge in [0.2, 0.25) is 0 Å². The smallest absolute Gasteiger partial charge is 0.310 e. The molecule has 0 unspecified atom stereocenters. The number of ether oxygens (including phenoxy) is 3. The van der Waals surface area contributed by atoms with Gasteiger partial charge in [0.05, 0.1) is 25.2 Å². The molecule has 2 aliphatic carbocycles. The first-order valence-electron chi connectivity index (χ1n) is 10.7. The van der Waals surface area contributed by atoms with Gasteiger partial charge >= 0.3 is 5.97 Å². The normalized spacial score (nSPS) is 41.3. The predicted octanol–water partition coefficient (Wildman–Crippen LogP) is 3.31. The average molecular weight is 386 g/mol. The Morgan fingerprint density at radius 1 is 1.29 bits per heavy atom. The molecule has 2 aliphatic heterocycles. The molecule has 5 nitrogen and oxygen atoms in total. The number of fused-ring (bicyclic) bond motifs is 3. The van der Waals surface area contributed by atoms with Gasteiger partial charge in [-0.2, -0.15) is 0 Å². The highest BCUT2D eigenvalue weighted by molar-refractivity contribution is 5.75. The molecular weight excluding hydrogens is 354 g/mol. The summed E-state index contributed by atoms with van der Waals surface area (Å²) >= 11 is 0. The topological polar surface area (TPSA) is 60.1 Å². The zero-order valence-corrected chi connectivity index (χ0v) is 16.9. The number of rotatable bonds is 5. The molecule has 0 amide bonds. The van der Waals surface area contributed by atoms with Crippen LogP contribution in [-0.4, -0.2) is 37.9 Å². The number of carbonyl (C=O) groups excluding carboxylic acids is 1. The standard InChI is InChI=1S/C23H31NO4/c1-22-8-5-9-23(14-27-23)20(22)10-16-17(21(25)28-19(16)11-22)13-24-12-15-6-3-4-7-18(15)26-2/h3-4,6-7,16-17,19-20,24H,5,8-14H2,1-2H3/t16-,17+,19+,20+,22+,23+/m0/s1. The van der Waals surface area contributed by atoms with E-state index in [1.165, 1.54) is 19.3 Å². The lowest BCUT2D eigenvalue weighted by atomic mass is 9.53. The first kappa shape index (κ1) is 18.4. The third-order valence-electron chi connectivity index (χ3n) is 7.95. The van der Waals surface area contributed by atoms with Crippen LogP contribution in [0.5, 0.6) is 5.75 Å². The van der Waals surface area contributed by atoms with Gasteiger partial charge < -0.3 is 19.5 Å². The maximum Gasteiger partial charge on any atom is 0.310 e. The number of epoxide rings is 1. The summed E-state index contributed by atoms with van der Waals surface area (Å²) in [7, 11) is 1.69. The van der Waals surface area contributed by atoms with Crippen LogP contribution in [-0.2, 0) is 20.8 Å². The van der Waals surface area contributed by atoms with Crippen molar-refractivity contribution in [2.75, 3.05) is 20.3 Å². The minimum Gasteiger partial charge on any atom is -0.496 e. The summed E-state index contributed by atoms with van der Waals surface area (Å²) in [5, 5.41) is 3.49. The van der Waals surface area contributed by atoms with E-state index in [1.807, 2.05) is 18.2 Å². The van der Waals surface area contributed by atoms with Crippen molar-refractivity contribution in [1.82, 2.24) is 5.32 Å². The number of hydrogen-bond acceptors (Lipinski definition) is 5. The molecular formula is C23H31NO4. The number of para-hydroxylation sites is 1. The molecule has 2 saturated carbocycles. The van der Waals surface area contributed by atoms with Crippen molar-refractivity contribution in [3.05, 3.63) is 29.8 Å². The van der Waals surface area contributed by atoms with Crippen LogP contribution in [0.1, 0.15) is 44.6 Å². The summed E-state index contributed by atoms with van der Waals surface area (Å²) in [6.07, 6.45) is 5.81. The third kappa shape index (κ3) is 2.94. The first-order valence-corrected chi connectivity index (χ1v) is 10.7. The fourth-order valence-corrected chi connectivity index (χ4v) is 6.40. The molecule has 152 valence electrons. The lowest BCUT2D eigenvalue weighted by Crippen LogP contribution is -2.51. The Hall–Kier alpha value is -1.59. The van der Waals surface area contributed by atoms with Crippen LogP contribution in [0.2, 0.25) is 0 Å². The van der Waals surface area contributed by atoms with E-state index in [2.05, 4.69) is 18.3 Å². The summed E-state index contributed by atoms with van der Waals surface area (Å²) < 4.78 is 17.3. The zero-order valence-electron chi connectivity index (χ0n) is 16.9. The number of esters is 1. The predicted molar refractivity (Wildman–Crippen MR) is 105 cm³/mol. The van der Waals surface area contributed by atoms with Gasteiger partial charge in [-0.1, -0.05) is 25.1 Å². The second-order valence-corrected chi connectivity index (χ2v) is 9.54. The van der Waals surface area contributed by atoms with E-state index in [1.54, 1.807) is 7.11 Å². The van der Waals surface area contributed by atoms with E-state index in [4.69, 9.17) is 14.2 Å². The van der Waals surface area contributed by atoms with Gasteiger partial charge in [-0.15, -0.1) is 0 Å². The maximum absolute atomic E-state index is 12.7. The molecule has 2 saturated heterocycles. The number of benzene rings is 1. The molecule has 2 heterocycles. The van der Waals surface area contributed by atoms with Crippen molar-refractivity contribution in [1.29, 1.82) is 0 Å². The van der Waals surface area contributed by atoms with Gasteiger partial charge in [0.1, 0.15) is 11.9 Å². The largest absolute Gasteiger partial charge is 0.496 e. The molecule has 4 aliphatic rings. The van der Waals surface area contributed by atoms with Gasteiger partial charge in [-0.05, 0) is 49.5 Å². The van der Waals surface area contributed by atoms with Crippen LogP contribution in [0.15, 0.2) is 24.3 Å². The van der Waals surface area contributed by atoms with Crippen LogP contribution < -0.4 is 10.1 Å². The monoisotopic (exact) mass is 385 g/mol. The lowest BCUT2D eigenvalue weighted by molar-refractivity contribution is -0.147.